The van der Waals surface area contributed by atoms with Crippen molar-refractivity contribution in [2.45, 2.75) is 26.3 Å². The van der Waals surface area contributed by atoms with Crippen molar-refractivity contribution in [3.05, 3.63) is 53.1 Å². The Hall–Kier alpha value is -2.69. The fourth-order valence-corrected chi connectivity index (χ4v) is 3.82. The van der Waals surface area contributed by atoms with Crippen molar-refractivity contribution in [2.75, 3.05) is 27.9 Å². The Balaban J connectivity index is 1.99. The van der Waals surface area contributed by atoms with Gasteiger partial charge in [-0.25, -0.2) is 0 Å². The Morgan fingerprint density at radius 2 is 1.63 bits per heavy atom. The average molecular weight is 369 g/mol. The lowest BCUT2D eigenvalue weighted by Crippen LogP contribution is -2.42. The summed E-state index contributed by atoms with van der Waals surface area (Å²) in [5, 5.41) is 0. The molecule has 0 N–H and O–H groups in total. The Kier molecular flexibility index (Phi) is 5.59. The smallest absolute Gasteiger partial charge is 0.254 e. The first-order chi connectivity index (χ1) is 13.0. The largest absolute Gasteiger partial charge is 0.497 e. The van der Waals surface area contributed by atoms with Crippen molar-refractivity contribution in [1.82, 2.24) is 4.90 Å². The molecule has 1 aliphatic heterocycles. The summed E-state index contributed by atoms with van der Waals surface area (Å²) in [6.07, 6.45) is 0.792. The minimum Gasteiger partial charge on any atom is -0.497 e. The van der Waals surface area contributed by atoms with Crippen molar-refractivity contribution in [1.29, 1.82) is 0 Å². The van der Waals surface area contributed by atoms with E-state index in [9.17, 15) is 4.79 Å². The van der Waals surface area contributed by atoms with Crippen LogP contribution in [0.5, 0.6) is 17.2 Å². The first-order valence-electron chi connectivity index (χ1n) is 9.20. The molecule has 0 aromatic heterocycles. The zero-order valence-electron chi connectivity index (χ0n) is 16.6. The summed E-state index contributed by atoms with van der Waals surface area (Å²) < 4.78 is 16.1. The van der Waals surface area contributed by atoms with Crippen molar-refractivity contribution < 1.29 is 19.0 Å². The molecule has 1 amide bonds. The van der Waals surface area contributed by atoms with Crippen LogP contribution in [0.15, 0.2) is 36.4 Å². The third-order valence-electron chi connectivity index (χ3n) is 5.15. The molecule has 5 heteroatoms. The van der Waals surface area contributed by atoms with E-state index >= 15 is 0 Å². The van der Waals surface area contributed by atoms with Crippen molar-refractivity contribution in [2.24, 2.45) is 5.92 Å². The van der Waals surface area contributed by atoms with Crippen LogP contribution in [0.4, 0.5) is 0 Å². The first-order valence-corrected chi connectivity index (χ1v) is 9.20. The maximum atomic E-state index is 13.2. The SMILES string of the molecule is COc1ccc(C(=O)N2CCc3cc(OC)c(OC)cc3C2C(C)C)cc1. The number of benzene rings is 2. The van der Waals surface area contributed by atoms with E-state index in [1.54, 1.807) is 21.3 Å². The van der Waals surface area contributed by atoms with E-state index in [0.29, 0.717) is 17.9 Å². The Morgan fingerprint density at radius 1 is 1.00 bits per heavy atom. The maximum Gasteiger partial charge on any atom is 0.254 e. The van der Waals surface area contributed by atoms with Gasteiger partial charge in [-0.15, -0.1) is 0 Å². The minimum absolute atomic E-state index is 0.0110. The van der Waals surface area contributed by atoms with E-state index in [1.807, 2.05) is 41.3 Å². The standard InChI is InChI=1S/C22H27NO4/c1-14(2)21-18-13-20(27-5)19(26-4)12-16(18)10-11-23(21)22(24)15-6-8-17(25-3)9-7-15/h6-9,12-14,21H,10-11H2,1-5H3. The van der Waals surface area contributed by atoms with E-state index < -0.39 is 0 Å². The number of ether oxygens (including phenoxy) is 3. The van der Waals surface area contributed by atoms with Gasteiger partial charge in [0, 0.05) is 12.1 Å². The molecule has 5 nitrogen and oxygen atoms in total. The number of methoxy groups -OCH3 is 3. The van der Waals surface area contributed by atoms with E-state index in [0.717, 1.165) is 23.5 Å². The van der Waals surface area contributed by atoms with Gasteiger partial charge in [-0.05, 0) is 59.9 Å². The second-order valence-corrected chi connectivity index (χ2v) is 7.07. The molecule has 0 fully saturated rings. The molecule has 3 rings (SSSR count). The van der Waals surface area contributed by atoms with Crippen LogP contribution in [0.25, 0.3) is 0 Å². The van der Waals surface area contributed by atoms with E-state index in [2.05, 4.69) is 13.8 Å². The molecule has 0 saturated carbocycles. The molecule has 0 spiro atoms. The normalized spacial score (nSPS) is 16.1. The summed E-state index contributed by atoms with van der Waals surface area (Å²) in [5.41, 5.74) is 3.02. The van der Waals surface area contributed by atoms with Crippen LogP contribution in [0.3, 0.4) is 0 Å². The van der Waals surface area contributed by atoms with Crippen molar-refractivity contribution in [3.63, 3.8) is 0 Å². The Bertz CT molecular complexity index is 814. The van der Waals surface area contributed by atoms with Crippen LogP contribution in [0.1, 0.15) is 41.4 Å². The fourth-order valence-electron chi connectivity index (χ4n) is 3.82. The topological polar surface area (TPSA) is 48.0 Å². The number of rotatable bonds is 5. The quantitative estimate of drug-likeness (QED) is 0.796. The fraction of sp³-hybridized carbons (Fsp3) is 0.409. The van der Waals surface area contributed by atoms with Gasteiger partial charge in [0.1, 0.15) is 5.75 Å². The lowest BCUT2D eigenvalue weighted by atomic mass is 9.85. The summed E-state index contributed by atoms with van der Waals surface area (Å²) in [5.74, 6) is 2.48. The summed E-state index contributed by atoms with van der Waals surface area (Å²) >= 11 is 0. The highest BCUT2D eigenvalue weighted by molar-refractivity contribution is 5.95. The van der Waals surface area contributed by atoms with Crippen LogP contribution in [0.2, 0.25) is 0 Å². The minimum atomic E-state index is -0.0110. The zero-order valence-corrected chi connectivity index (χ0v) is 16.6. The van der Waals surface area contributed by atoms with Gasteiger partial charge < -0.3 is 19.1 Å². The van der Waals surface area contributed by atoms with Gasteiger partial charge in [-0.1, -0.05) is 13.8 Å². The summed E-state index contributed by atoms with van der Waals surface area (Å²) in [6.45, 7) is 4.96. The first kappa shape index (κ1) is 19.1. The van der Waals surface area contributed by atoms with Gasteiger partial charge in [0.15, 0.2) is 11.5 Å². The molecular formula is C22H27NO4. The van der Waals surface area contributed by atoms with E-state index in [4.69, 9.17) is 14.2 Å². The molecule has 1 unspecified atom stereocenters. The molecule has 2 aromatic carbocycles. The lowest BCUT2D eigenvalue weighted by Gasteiger charge is -2.40. The van der Waals surface area contributed by atoms with Crippen LogP contribution in [-0.2, 0) is 6.42 Å². The number of amides is 1. The monoisotopic (exact) mass is 369 g/mol. The molecule has 0 saturated heterocycles. The molecule has 1 aliphatic rings. The average Bonchev–Trinajstić information content (AvgIpc) is 2.71. The molecule has 27 heavy (non-hydrogen) atoms. The highest BCUT2D eigenvalue weighted by Crippen LogP contribution is 2.41. The highest BCUT2D eigenvalue weighted by Gasteiger charge is 2.34. The van der Waals surface area contributed by atoms with Gasteiger partial charge in [0.25, 0.3) is 5.91 Å². The predicted molar refractivity (Wildman–Crippen MR) is 105 cm³/mol. The molecule has 2 aromatic rings. The van der Waals surface area contributed by atoms with Crippen LogP contribution in [0, 0.1) is 5.92 Å². The number of fused-ring (bicyclic) bond motifs is 1. The third kappa shape index (κ3) is 3.59. The molecule has 144 valence electrons. The van der Waals surface area contributed by atoms with E-state index in [-0.39, 0.29) is 17.9 Å². The number of hydrogen-bond donors (Lipinski definition) is 0. The molecule has 1 atom stereocenters. The van der Waals surface area contributed by atoms with Crippen molar-refractivity contribution in [3.8, 4) is 17.2 Å². The number of nitrogens with zero attached hydrogens (tertiary/aromatic N) is 1. The molecular weight excluding hydrogens is 342 g/mol. The van der Waals surface area contributed by atoms with Crippen molar-refractivity contribution >= 4 is 5.91 Å². The second kappa shape index (κ2) is 7.91. The number of carbonyl (C=O) groups excluding carboxylic acids is 1. The van der Waals surface area contributed by atoms with E-state index in [1.165, 1.54) is 5.56 Å². The summed E-state index contributed by atoms with van der Waals surface area (Å²) in [7, 11) is 4.90. The molecule has 0 radical (unpaired) electrons. The van der Waals surface area contributed by atoms with Crippen LogP contribution < -0.4 is 14.2 Å². The lowest BCUT2D eigenvalue weighted by molar-refractivity contribution is 0.0603. The third-order valence-corrected chi connectivity index (χ3v) is 5.15. The predicted octanol–water partition coefficient (Wildman–Crippen LogP) is 4.11. The number of carbonyl (C=O) groups is 1. The molecule has 1 heterocycles. The van der Waals surface area contributed by atoms with Crippen LogP contribution in [-0.4, -0.2) is 38.7 Å². The highest BCUT2D eigenvalue weighted by atomic mass is 16.5. The van der Waals surface area contributed by atoms with Gasteiger partial charge in [0.05, 0.1) is 27.4 Å². The van der Waals surface area contributed by atoms with Gasteiger partial charge in [-0.3, -0.25) is 4.79 Å². The van der Waals surface area contributed by atoms with Gasteiger partial charge in [-0.2, -0.15) is 0 Å². The Labute approximate surface area is 160 Å². The summed E-state index contributed by atoms with van der Waals surface area (Å²) in [4.78, 5) is 15.2. The zero-order chi connectivity index (χ0) is 19.6. The molecule has 0 bridgehead atoms. The molecule has 0 aliphatic carbocycles. The van der Waals surface area contributed by atoms with Gasteiger partial charge in [0.2, 0.25) is 0 Å². The second-order valence-electron chi connectivity index (χ2n) is 7.07. The van der Waals surface area contributed by atoms with Crippen LogP contribution >= 0.6 is 0 Å². The maximum absolute atomic E-state index is 13.2. The number of hydrogen-bond acceptors (Lipinski definition) is 4. The summed E-state index contributed by atoms with van der Waals surface area (Å²) in [6, 6.07) is 11.3. The van der Waals surface area contributed by atoms with Gasteiger partial charge >= 0.3 is 0 Å². The Morgan fingerprint density at radius 3 is 2.19 bits per heavy atom.